The maximum atomic E-state index is 6.03. The quantitative estimate of drug-likeness (QED) is 0.587. The van der Waals surface area contributed by atoms with E-state index < -0.39 is 0 Å². The van der Waals surface area contributed by atoms with Gasteiger partial charge in [0.25, 0.3) is 5.19 Å². The van der Waals surface area contributed by atoms with E-state index in [4.69, 9.17) is 4.74 Å². The Hall–Kier alpha value is -2.31. The van der Waals surface area contributed by atoms with E-state index >= 15 is 0 Å². The third kappa shape index (κ3) is 4.90. The normalized spacial score (nSPS) is 11.2. The molecule has 6 heteroatoms. The van der Waals surface area contributed by atoms with Crippen LogP contribution in [0.15, 0.2) is 30.5 Å². The first kappa shape index (κ1) is 19.5. The minimum atomic E-state index is 0.548. The number of hydrogen-bond donors (Lipinski definition) is 0. The van der Waals surface area contributed by atoms with E-state index in [0.717, 1.165) is 42.1 Å². The molecule has 0 unspecified atom stereocenters. The molecule has 0 aliphatic rings. The van der Waals surface area contributed by atoms with Crippen LogP contribution < -0.4 is 4.74 Å². The zero-order valence-corrected chi connectivity index (χ0v) is 17.4. The summed E-state index contributed by atoms with van der Waals surface area (Å²) in [6.07, 6.45) is 2.83. The molecule has 0 amide bonds. The largest absolute Gasteiger partial charge is 0.430 e. The molecule has 0 bridgehead atoms. The number of rotatable bonds is 7. The summed E-state index contributed by atoms with van der Waals surface area (Å²) in [6.45, 7) is 10.5. The molecule has 0 aliphatic heterocycles. The smallest absolute Gasteiger partial charge is 0.299 e. The Morgan fingerprint density at radius 3 is 2.63 bits per heavy atom. The number of ether oxygens (including phenoxy) is 1. The third-order valence-electron chi connectivity index (χ3n) is 4.71. The highest BCUT2D eigenvalue weighted by atomic mass is 32.1. The Balaban J connectivity index is 1.74. The summed E-state index contributed by atoms with van der Waals surface area (Å²) >= 11 is 1.26. The average molecular weight is 383 g/mol. The van der Waals surface area contributed by atoms with Crippen LogP contribution in [0.25, 0.3) is 11.4 Å². The van der Waals surface area contributed by atoms with Gasteiger partial charge in [-0.25, -0.2) is 0 Å². The van der Waals surface area contributed by atoms with Gasteiger partial charge < -0.3 is 9.64 Å². The van der Waals surface area contributed by atoms with Crippen molar-refractivity contribution in [3.05, 3.63) is 52.8 Å². The van der Waals surface area contributed by atoms with Crippen LogP contribution in [-0.2, 0) is 6.42 Å². The first-order valence-corrected chi connectivity index (χ1v) is 9.97. The van der Waals surface area contributed by atoms with Gasteiger partial charge in [0, 0.05) is 35.5 Å². The summed E-state index contributed by atoms with van der Waals surface area (Å²) in [6, 6.07) is 8.26. The van der Waals surface area contributed by atoms with Gasteiger partial charge in [-0.2, -0.15) is 9.36 Å². The Morgan fingerprint density at radius 2 is 1.93 bits per heavy atom. The van der Waals surface area contributed by atoms with Crippen molar-refractivity contribution < 1.29 is 4.74 Å². The maximum absolute atomic E-state index is 6.03. The molecule has 0 saturated heterocycles. The molecule has 0 N–H and O–H groups in total. The fraction of sp³-hybridized carbons (Fsp3) is 0.381. The van der Waals surface area contributed by atoms with Gasteiger partial charge in [0.2, 0.25) is 0 Å². The van der Waals surface area contributed by atoms with Gasteiger partial charge in [-0.05, 0) is 75.7 Å². The van der Waals surface area contributed by atoms with Gasteiger partial charge in [0.1, 0.15) is 5.75 Å². The molecule has 0 radical (unpaired) electrons. The molecular weight excluding hydrogens is 356 g/mol. The second-order valence-corrected chi connectivity index (χ2v) is 7.58. The van der Waals surface area contributed by atoms with Crippen LogP contribution in [-0.4, -0.2) is 39.4 Å². The number of aromatic nitrogens is 3. The molecule has 0 spiro atoms. The summed E-state index contributed by atoms with van der Waals surface area (Å²) in [4.78, 5) is 11.1. The van der Waals surface area contributed by atoms with Crippen molar-refractivity contribution in [3.63, 3.8) is 0 Å². The van der Waals surface area contributed by atoms with E-state index in [1.54, 1.807) is 6.20 Å². The van der Waals surface area contributed by atoms with Crippen LogP contribution in [0.2, 0.25) is 0 Å². The van der Waals surface area contributed by atoms with Crippen molar-refractivity contribution >= 4 is 11.5 Å². The van der Waals surface area contributed by atoms with Crippen molar-refractivity contribution in [1.82, 2.24) is 19.2 Å². The van der Waals surface area contributed by atoms with Crippen molar-refractivity contribution in [3.8, 4) is 22.3 Å². The van der Waals surface area contributed by atoms with Crippen molar-refractivity contribution in [2.75, 3.05) is 20.1 Å². The first-order chi connectivity index (χ1) is 13.0. The lowest BCUT2D eigenvalue weighted by Gasteiger charge is -2.16. The van der Waals surface area contributed by atoms with E-state index in [0.29, 0.717) is 11.0 Å². The highest BCUT2D eigenvalue weighted by Crippen LogP contribution is 2.31. The molecule has 3 aromatic rings. The number of hydrogen-bond acceptors (Lipinski definition) is 6. The molecule has 1 aromatic carbocycles. The monoisotopic (exact) mass is 382 g/mol. The van der Waals surface area contributed by atoms with E-state index in [-0.39, 0.29) is 0 Å². The van der Waals surface area contributed by atoms with Crippen LogP contribution in [0.3, 0.4) is 0 Å². The van der Waals surface area contributed by atoms with Crippen LogP contribution in [0, 0.1) is 20.8 Å². The number of aryl methyl sites for hydroxylation is 3. The van der Waals surface area contributed by atoms with Crippen LogP contribution in [0.5, 0.6) is 10.9 Å². The summed E-state index contributed by atoms with van der Waals surface area (Å²) in [5.41, 5.74) is 5.59. The SMILES string of the molecule is CCN(C)CCc1cc(C)c(Oc2nc(-c3ccc(C)nc3)ns2)cc1C. The molecule has 27 heavy (non-hydrogen) atoms. The van der Waals surface area contributed by atoms with Gasteiger partial charge in [-0.15, -0.1) is 0 Å². The number of benzene rings is 1. The second-order valence-electron chi connectivity index (χ2n) is 6.86. The van der Waals surface area contributed by atoms with Crippen molar-refractivity contribution in [2.45, 2.75) is 34.1 Å². The highest BCUT2D eigenvalue weighted by Gasteiger charge is 2.12. The van der Waals surface area contributed by atoms with E-state index in [2.05, 4.69) is 59.2 Å². The van der Waals surface area contributed by atoms with Crippen molar-refractivity contribution in [2.24, 2.45) is 0 Å². The Bertz CT molecular complexity index is 905. The van der Waals surface area contributed by atoms with Crippen LogP contribution in [0.4, 0.5) is 0 Å². The lowest BCUT2D eigenvalue weighted by atomic mass is 10.0. The predicted octanol–water partition coefficient (Wildman–Crippen LogP) is 4.81. The summed E-state index contributed by atoms with van der Waals surface area (Å²) in [5.74, 6) is 1.49. The summed E-state index contributed by atoms with van der Waals surface area (Å²) in [7, 11) is 2.15. The Morgan fingerprint density at radius 1 is 1.11 bits per heavy atom. The molecule has 0 aliphatic carbocycles. The predicted molar refractivity (Wildman–Crippen MR) is 111 cm³/mol. The number of pyridine rings is 1. The van der Waals surface area contributed by atoms with Crippen LogP contribution in [0.1, 0.15) is 29.3 Å². The van der Waals surface area contributed by atoms with E-state index in [1.165, 1.54) is 22.7 Å². The minimum absolute atomic E-state index is 0.548. The fourth-order valence-electron chi connectivity index (χ4n) is 2.76. The Labute approximate surface area is 165 Å². The maximum Gasteiger partial charge on any atom is 0.299 e. The molecular formula is C21H26N4OS. The lowest BCUT2D eigenvalue weighted by molar-refractivity contribution is 0.357. The van der Waals surface area contributed by atoms with Crippen LogP contribution >= 0.6 is 11.5 Å². The standard InChI is InChI=1S/C21H26N4OS/c1-6-25(5)10-9-17-11-15(3)19(12-14(17)2)26-21-23-20(24-27-21)18-8-7-16(4)22-13-18/h7-8,11-13H,6,9-10H2,1-5H3. The van der Waals surface area contributed by atoms with Gasteiger partial charge >= 0.3 is 0 Å². The minimum Gasteiger partial charge on any atom is -0.430 e. The van der Waals surface area contributed by atoms with Gasteiger partial charge in [0.15, 0.2) is 5.82 Å². The molecule has 2 heterocycles. The number of nitrogens with zero attached hydrogens (tertiary/aromatic N) is 4. The van der Waals surface area contributed by atoms with E-state index in [9.17, 15) is 0 Å². The van der Waals surface area contributed by atoms with Gasteiger partial charge in [0.05, 0.1) is 0 Å². The second kappa shape index (κ2) is 8.59. The lowest BCUT2D eigenvalue weighted by Crippen LogP contribution is -2.20. The molecule has 0 atom stereocenters. The fourth-order valence-corrected chi connectivity index (χ4v) is 3.33. The Kier molecular flexibility index (Phi) is 6.19. The molecule has 0 saturated carbocycles. The molecule has 2 aromatic heterocycles. The van der Waals surface area contributed by atoms with Gasteiger partial charge in [-0.1, -0.05) is 13.0 Å². The zero-order chi connectivity index (χ0) is 19.4. The molecule has 0 fully saturated rings. The van der Waals surface area contributed by atoms with E-state index in [1.807, 2.05) is 19.1 Å². The first-order valence-electron chi connectivity index (χ1n) is 9.19. The highest BCUT2D eigenvalue weighted by molar-refractivity contribution is 7.07. The third-order valence-corrected chi connectivity index (χ3v) is 5.31. The van der Waals surface area contributed by atoms with Crippen molar-refractivity contribution in [1.29, 1.82) is 0 Å². The summed E-state index contributed by atoms with van der Waals surface area (Å²) in [5, 5.41) is 0.548. The molecule has 5 nitrogen and oxygen atoms in total. The summed E-state index contributed by atoms with van der Waals surface area (Å²) < 4.78 is 10.4. The number of likely N-dealkylation sites (N-methyl/N-ethyl adjacent to an activating group) is 1. The average Bonchev–Trinajstić information content (AvgIpc) is 3.12. The topological polar surface area (TPSA) is 51.1 Å². The zero-order valence-electron chi connectivity index (χ0n) is 16.6. The van der Waals surface area contributed by atoms with Gasteiger partial charge in [-0.3, -0.25) is 4.98 Å². The molecule has 142 valence electrons. The molecule has 3 rings (SSSR count).